The van der Waals surface area contributed by atoms with Crippen LogP contribution >= 0.6 is 0 Å². The van der Waals surface area contributed by atoms with Gasteiger partial charge < -0.3 is 14.7 Å². The van der Waals surface area contributed by atoms with E-state index in [1.807, 2.05) is 30.3 Å². The van der Waals surface area contributed by atoms with Gasteiger partial charge in [0.2, 0.25) is 0 Å². The summed E-state index contributed by atoms with van der Waals surface area (Å²) in [5.74, 6) is -0.688. The van der Waals surface area contributed by atoms with Crippen LogP contribution in [0.1, 0.15) is 57.4 Å². The molecule has 140 valence electrons. The second-order valence-corrected chi connectivity index (χ2v) is 6.97. The first kappa shape index (κ1) is 19.9. The third-order valence-corrected chi connectivity index (χ3v) is 5.43. The van der Waals surface area contributed by atoms with Crippen LogP contribution < -0.4 is 0 Å². The number of likely N-dealkylation sites (N-methyl/N-ethyl adjacent to an activating group) is 1. The molecular formula is C21H33NO3. The summed E-state index contributed by atoms with van der Waals surface area (Å²) in [6.45, 7) is 7.21. The molecule has 1 fully saturated rings. The molecule has 0 amide bonds. The van der Waals surface area contributed by atoms with Crippen molar-refractivity contribution in [2.75, 3.05) is 26.2 Å². The van der Waals surface area contributed by atoms with Gasteiger partial charge in [-0.1, -0.05) is 63.4 Å². The summed E-state index contributed by atoms with van der Waals surface area (Å²) in [4.78, 5) is 15.0. The van der Waals surface area contributed by atoms with Crippen molar-refractivity contribution in [3.63, 3.8) is 0 Å². The van der Waals surface area contributed by atoms with Gasteiger partial charge in [-0.3, -0.25) is 4.79 Å². The third-order valence-electron chi connectivity index (χ3n) is 5.43. The zero-order valence-corrected chi connectivity index (χ0v) is 15.7. The first-order chi connectivity index (χ1) is 12.2. The monoisotopic (exact) mass is 347 g/mol. The lowest BCUT2D eigenvalue weighted by molar-refractivity contribution is -0.150. The maximum atomic E-state index is 12.8. The van der Waals surface area contributed by atoms with Gasteiger partial charge in [-0.15, -0.1) is 0 Å². The van der Waals surface area contributed by atoms with Crippen molar-refractivity contribution in [1.29, 1.82) is 0 Å². The fraction of sp³-hybridized carbons (Fsp3) is 0.667. The van der Waals surface area contributed by atoms with Gasteiger partial charge in [0.1, 0.15) is 12.5 Å². The van der Waals surface area contributed by atoms with Crippen molar-refractivity contribution in [2.24, 2.45) is 5.92 Å². The van der Waals surface area contributed by atoms with Gasteiger partial charge in [0.15, 0.2) is 0 Å². The lowest BCUT2D eigenvalue weighted by atomic mass is 9.78. The van der Waals surface area contributed by atoms with Gasteiger partial charge in [0, 0.05) is 6.54 Å². The average molecular weight is 347 g/mol. The van der Waals surface area contributed by atoms with E-state index in [1.54, 1.807) is 0 Å². The van der Waals surface area contributed by atoms with Gasteiger partial charge in [0.25, 0.3) is 0 Å². The molecule has 1 aromatic carbocycles. The summed E-state index contributed by atoms with van der Waals surface area (Å²) in [6.07, 6.45) is 4.84. The minimum Gasteiger partial charge on any atom is -0.464 e. The predicted molar refractivity (Wildman–Crippen MR) is 101 cm³/mol. The zero-order chi connectivity index (χ0) is 18.1. The molecule has 0 saturated heterocycles. The van der Waals surface area contributed by atoms with Crippen LogP contribution in [0, 0.1) is 5.92 Å². The number of esters is 1. The minimum absolute atomic E-state index is 0.189. The van der Waals surface area contributed by atoms with E-state index in [0.29, 0.717) is 6.61 Å². The van der Waals surface area contributed by atoms with Crippen LogP contribution in [-0.2, 0) is 9.53 Å². The Morgan fingerprint density at radius 2 is 1.80 bits per heavy atom. The molecule has 4 nitrogen and oxygen atoms in total. The number of nitrogens with zero attached hydrogens (tertiary/aromatic N) is 1. The summed E-state index contributed by atoms with van der Waals surface area (Å²) in [5.41, 5.74) is 0.855. The van der Waals surface area contributed by atoms with Crippen molar-refractivity contribution in [3.05, 3.63) is 35.9 Å². The summed E-state index contributed by atoms with van der Waals surface area (Å²) in [6, 6.07) is 9.60. The molecule has 0 heterocycles. The van der Waals surface area contributed by atoms with E-state index in [4.69, 9.17) is 4.74 Å². The number of aliphatic hydroxyl groups excluding tert-OH is 1. The number of hydrogen-bond donors (Lipinski definition) is 1. The second-order valence-electron chi connectivity index (χ2n) is 6.97. The van der Waals surface area contributed by atoms with Crippen LogP contribution in [0.15, 0.2) is 30.3 Å². The number of benzene rings is 1. The Kier molecular flexibility index (Phi) is 8.42. The minimum atomic E-state index is -0.663. The van der Waals surface area contributed by atoms with Gasteiger partial charge in [-0.05, 0) is 37.4 Å². The molecular weight excluding hydrogens is 314 g/mol. The highest BCUT2D eigenvalue weighted by Crippen LogP contribution is 2.34. The Balaban J connectivity index is 2.04. The largest absolute Gasteiger partial charge is 0.464 e. The number of carbonyl (C=O) groups excluding carboxylic acids is 1. The SMILES string of the molecule is CCN(CC)CCOC(=O)[C@H](c1ccccc1)[C@H](O)C1CCCCC1. The summed E-state index contributed by atoms with van der Waals surface area (Å²) < 4.78 is 5.56. The molecule has 1 saturated carbocycles. The van der Waals surface area contributed by atoms with Crippen molar-refractivity contribution in [3.8, 4) is 0 Å². The molecule has 2 atom stereocenters. The lowest BCUT2D eigenvalue weighted by Gasteiger charge is -2.31. The summed E-state index contributed by atoms with van der Waals surface area (Å²) in [7, 11) is 0. The van der Waals surface area contributed by atoms with E-state index in [2.05, 4.69) is 18.7 Å². The fourth-order valence-electron chi connectivity index (χ4n) is 3.79. The highest BCUT2D eigenvalue weighted by molar-refractivity contribution is 5.79. The average Bonchev–Trinajstić information content (AvgIpc) is 2.67. The van der Waals surface area contributed by atoms with Crippen LogP contribution in [0.25, 0.3) is 0 Å². The van der Waals surface area contributed by atoms with Crippen molar-refractivity contribution >= 4 is 5.97 Å². The number of carbonyl (C=O) groups is 1. The zero-order valence-electron chi connectivity index (χ0n) is 15.7. The van der Waals surface area contributed by atoms with E-state index < -0.39 is 12.0 Å². The van der Waals surface area contributed by atoms with E-state index >= 15 is 0 Å². The van der Waals surface area contributed by atoms with Crippen LogP contribution in [0.4, 0.5) is 0 Å². The van der Waals surface area contributed by atoms with Crippen molar-refractivity contribution in [2.45, 2.75) is 58.0 Å². The first-order valence-electron chi connectivity index (χ1n) is 9.79. The van der Waals surface area contributed by atoms with Crippen LogP contribution in [0.5, 0.6) is 0 Å². The molecule has 1 aliphatic carbocycles. The van der Waals surface area contributed by atoms with Crippen LogP contribution in [0.2, 0.25) is 0 Å². The fourth-order valence-corrected chi connectivity index (χ4v) is 3.79. The summed E-state index contributed by atoms with van der Waals surface area (Å²) >= 11 is 0. The molecule has 4 heteroatoms. The number of aliphatic hydroxyl groups is 1. The molecule has 25 heavy (non-hydrogen) atoms. The Hall–Kier alpha value is -1.39. The van der Waals surface area contributed by atoms with Crippen LogP contribution in [0.3, 0.4) is 0 Å². The topological polar surface area (TPSA) is 49.8 Å². The van der Waals surface area contributed by atoms with Crippen molar-refractivity contribution < 1.29 is 14.6 Å². The van der Waals surface area contributed by atoms with Gasteiger partial charge in [-0.25, -0.2) is 0 Å². The van der Waals surface area contributed by atoms with E-state index in [9.17, 15) is 9.90 Å². The molecule has 0 spiro atoms. The Labute approximate surface area is 152 Å². The van der Waals surface area contributed by atoms with Gasteiger partial charge >= 0.3 is 5.97 Å². The Morgan fingerprint density at radius 3 is 2.40 bits per heavy atom. The standard InChI is InChI=1S/C21H33NO3/c1-3-22(4-2)15-16-25-21(24)19(17-11-7-5-8-12-17)20(23)18-13-9-6-10-14-18/h5,7-8,11-12,18-20,23H,3-4,6,9-10,13-16H2,1-2H3/t19-,20-/m1/s1. The molecule has 0 aliphatic heterocycles. The molecule has 0 radical (unpaired) electrons. The molecule has 0 unspecified atom stereocenters. The maximum Gasteiger partial charge on any atom is 0.316 e. The normalized spacial score (nSPS) is 18.1. The predicted octanol–water partition coefficient (Wildman–Crippen LogP) is 3.60. The second kappa shape index (κ2) is 10.6. The quantitative estimate of drug-likeness (QED) is 0.694. The van der Waals surface area contributed by atoms with Gasteiger partial charge in [0.05, 0.1) is 6.10 Å². The Bertz CT molecular complexity index is 495. The number of ether oxygens (including phenoxy) is 1. The molecule has 0 aromatic heterocycles. The van der Waals surface area contributed by atoms with Crippen LogP contribution in [-0.4, -0.2) is 48.3 Å². The molecule has 1 aliphatic rings. The molecule has 0 bridgehead atoms. The van der Waals surface area contributed by atoms with E-state index in [1.165, 1.54) is 6.42 Å². The third kappa shape index (κ3) is 5.82. The number of hydrogen-bond acceptors (Lipinski definition) is 4. The first-order valence-corrected chi connectivity index (χ1v) is 9.79. The lowest BCUT2D eigenvalue weighted by Crippen LogP contribution is -2.36. The van der Waals surface area contributed by atoms with Crippen molar-refractivity contribution in [1.82, 2.24) is 4.90 Å². The highest BCUT2D eigenvalue weighted by Gasteiger charge is 2.35. The smallest absolute Gasteiger partial charge is 0.316 e. The summed E-state index contributed by atoms with van der Waals surface area (Å²) in [5, 5.41) is 10.9. The number of rotatable bonds is 9. The van der Waals surface area contributed by atoms with Gasteiger partial charge in [-0.2, -0.15) is 0 Å². The maximum absolute atomic E-state index is 12.8. The van der Waals surface area contributed by atoms with E-state index in [-0.39, 0.29) is 11.9 Å². The highest BCUT2D eigenvalue weighted by atomic mass is 16.5. The molecule has 1 N–H and O–H groups in total. The molecule has 2 rings (SSSR count). The van der Waals surface area contributed by atoms with E-state index in [0.717, 1.165) is 50.9 Å². The molecule has 1 aromatic rings. The Morgan fingerprint density at radius 1 is 1.16 bits per heavy atom.